The van der Waals surface area contributed by atoms with E-state index in [0.717, 1.165) is 15.4 Å². The molecule has 0 heterocycles. The van der Waals surface area contributed by atoms with Crippen molar-refractivity contribution < 1.29 is 27.5 Å². The molecule has 0 spiro atoms. The molecule has 5 rings (SSSR count). The molecule has 2 atom stereocenters. The number of ether oxygens (including phenoxy) is 2. The van der Waals surface area contributed by atoms with Crippen LogP contribution in [0.4, 0.5) is 5.69 Å². The Morgan fingerprint density at radius 3 is 1.92 bits per heavy atom. The van der Waals surface area contributed by atoms with Crippen molar-refractivity contribution >= 4 is 27.5 Å². The molecule has 1 N–H and O–H groups in total. The Morgan fingerprint density at radius 2 is 1.29 bits per heavy atom. The third kappa shape index (κ3) is 9.76. The molecular formula is C41H43N3O6S. The third-order valence-electron chi connectivity index (χ3n) is 8.47. The second-order valence-electron chi connectivity index (χ2n) is 12.1. The van der Waals surface area contributed by atoms with Crippen molar-refractivity contribution in [2.45, 2.75) is 50.2 Å². The smallest absolute Gasteiger partial charge is 0.264 e. The molecule has 0 radical (unpaired) electrons. The fourth-order valence-corrected chi connectivity index (χ4v) is 6.95. The summed E-state index contributed by atoms with van der Waals surface area (Å²) in [6.45, 7) is 3.34. The number of hydrogen-bond donors (Lipinski definition) is 1. The highest BCUT2D eigenvalue weighted by atomic mass is 32.2. The normalized spacial score (nSPS) is 12.3. The maximum absolute atomic E-state index is 14.7. The molecule has 0 aromatic heterocycles. The largest absolute Gasteiger partial charge is 0.497 e. The van der Waals surface area contributed by atoms with Crippen LogP contribution in [0.1, 0.15) is 31.4 Å². The number of carbonyl (C=O) groups excluding carboxylic acids is 2. The van der Waals surface area contributed by atoms with Gasteiger partial charge in [0.2, 0.25) is 11.8 Å². The number of nitrogens with zero attached hydrogens (tertiary/aromatic N) is 2. The van der Waals surface area contributed by atoms with E-state index in [2.05, 4.69) is 5.32 Å². The Bertz CT molecular complexity index is 1980. The monoisotopic (exact) mass is 705 g/mol. The summed E-state index contributed by atoms with van der Waals surface area (Å²) < 4.78 is 41.1. The lowest BCUT2D eigenvalue weighted by molar-refractivity contribution is -0.140. The van der Waals surface area contributed by atoms with Crippen LogP contribution in [-0.2, 0) is 32.6 Å². The fraction of sp³-hybridized carbons (Fsp3) is 0.220. The summed E-state index contributed by atoms with van der Waals surface area (Å²) in [5.74, 6) is 0.835. The second kappa shape index (κ2) is 17.4. The van der Waals surface area contributed by atoms with Gasteiger partial charge in [-0.15, -0.1) is 0 Å². The van der Waals surface area contributed by atoms with Crippen LogP contribution in [0.2, 0.25) is 0 Å². The van der Waals surface area contributed by atoms with E-state index < -0.39 is 28.5 Å². The first kappa shape index (κ1) is 36.7. The van der Waals surface area contributed by atoms with E-state index in [1.807, 2.05) is 86.6 Å². The number of methoxy groups -OCH3 is 1. The van der Waals surface area contributed by atoms with Crippen molar-refractivity contribution in [3.05, 3.63) is 151 Å². The van der Waals surface area contributed by atoms with E-state index in [9.17, 15) is 18.0 Å². The van der Waals surface area contributed by atoms with Crippen LogP contribution >= 0.6 is 0 Å². The van der Waals surface area contributed by atoms with Gasteiger partial charge in [-0.05, 0) is 85.1 Å². The molecule has 0 saturated heterocycles. The van der Waals surface area contributed by atoms with Gasteiger partial charge in [0.1, 0.15) is 29.8 Å². The minimum absolute atomic E-state index is 0.0251. The predicted molar refractivity (Wildman–Crippen MR) is 199 cm³/mol. The average molecular weight is 706 g/mol. The number of sulfonamides is 1. The van der Waals surface area contributed by atoms with Crippen LogP contribution in [-0.4, -0.2) is 50.9 Å². The summed E-state index contributed by atoms with van der Waals surface area (Å²) in [5, 5.41) is 3.06. The Kier molecular flexibility index (Phi) is 12.5. The van der Waals surface area contributed by atoms with Gasteiger partial charge in [-0.1, -0.05) is 85.8 Å². The van der Waals surface area contributed by atoms with E-state index in [-0.39, 0.29) is 35.5 Å². The molecule has 0 bridgehead atoms. The van der Waals surface area contributed by atoms with Crippen LogP contribution in [0.5, 0.6) is 17.2 Å². The lowest BCUT2D eigenvalue weighted by atomic mass is 10.0. The van der Waals surface area contributed by atoms with Gasteiger partial charge in [0.15, 0.2) is 0 Å². The molecule has 0 saturated carbocycles. The lowest BCUT2D eigenvalue weighted by Crippen LogP contribution is -2.54. The molecular weight excluding hydrogens is 663 g/mol. The standard InChI is InChI=1S/C41H43N3O6S/c1-4-31(2)42-41(46)39(28-32-15-8-5-9-16-32)43(29-33-17-14-20-37(27-33)49-3)40(45)30-44(51(47,48)38-21-12-7-13-22-38)34-23-25-36(26-24-34)50-35-18-10-6-11-19-35/h5-27,31,39H,4,28-30H2,1-3H3,(H,42,46)/t31-,39+/m0/s1. The molecule has 10 heteroatoms. The Morgan fingerprint density at radius 1 is 0.725 bits per heavy atom. The molecule has 9 nitrogen and oxygen atoms in total. The number of nitrogens with one attached hydrogen (secondary N) is 1. The van der Waals surface area contributed by atoms with Crippen molar-refractivity contribution in [3.63, 3.8) is 0 Å². The summed E-state index contributed by atoms with van der Waals surface area (Å²) >= 11 is 0. The summed E-state index contributed by atoms with van der Waals surface area (Å²) in [7, 11) is -2.68. The van der Waals surface area contributed by atoms with Crippen molar-refractivity contribution in [1.29, 1.82) is 0 Å². The molecule has 5 aromatic carbocycles. The first-order valence-corrected chi connectivity index (χ1v) is 18.3. The van der Waals surface area contributed by atoms with Crippen LogP contribution < -0.4 is 19.1 Å². The average Bonchev–Trinajstić information content (AvgIpc) is 3.16. The molecule has 51 heavy (non-hydrogen) atoms. The fourth-order valence-electron chi connectivity index (χ4n) is 5.52. The number of amides is 2. The van der Waals surface area contributed by atoms with Crippen molar-refractivity contribution in [2.24, 2.45) is 0 Å². The van der Waals surface area contributed by atoms with E-state index in [1.54, 1.807) is 61.7 Å². The van der Waals surface area contributed by atoms with Crippen molar-refractivity contribution in [2.75, 3.05) is 18.0 Å². The summed E-state index contributed by atoms with van der Waals surface area (Å²) in [6.07, 6.45) is 0.913. The zero-order chi connectivity index (χ0) is 36.2. The third-order valence-corrected chi connectivity index (χ3v) is 10.3. The molecule has 264 valence electrons. The Labute approximate surface area is 300 Å². The quantitative estimate of drug-likeness (QED) is 0.116. The van der Waals surface area contributed by atoms with Gasteiger partial charge in [0.05, 0.1) is 17.7 Å². The first-order chi connectivity index (χ1) is 24.7. The van der Waals surface area contributed by atoms with Crippen molar-refractivity contribution in [3.8, 4) is 17.2 Å². The topological polar surface area (TPSA) is 105 Å². The molecule has 0 aliphatic heterocycles. The highest BCUT2D eigenvalue weighted by Gasteiger charge is 2.35. The van der Waals surface area contributed by atoms with Gasteiger partial charge in [-0.3, -0.25) is 13.9 Å². The highest BCUT2D eigenvalue weighted by Crippen LogP contribution is 2.29. The van der Waals surface area contributed by atoms with Crippen molar-refractivity contribution in [1.82, 2.24) is 10.2 Å². The zero-order valence-corrected chi connectivity index (χ0v) is 29.8. The van der Waals surface area contributed by atoms with Crippen LogP contribution in [0, 0.1) is 0 Å². The maximum atomic E-state index is 14.7. The van der Waals surface area contributed by atoms with Crippen LogP contribution in [0.3, 0.4) is 0 Å². The lowest BCUT2D eigenvalue weighted by Gasteiger charge is -2.34. The molecule has 0 aliphatic carbocycles. The number of anilines is 1. The van der Waals surface area contributed by atoms with Crippen LogP contribution in [0.25, 0.3) is 0 Å². The second-order valence-corrected chi connectivity index (χ2v) is 14.0. The minimum atomic E-state index is -4.24. The first-order valence-electron chi connectivity index (χ1n) is 16.9. The number of rotatable bonds is 16. The molecule has 2 amide bonds. The number of hydrogen-bond acceptors (Lipinski definition) is 6. The molecule has 5 aromatic rings. The zero-order valence-electron chi connectivity index (χ0n) is 29.0. The van der Waals surface area contributed by atoms with Gasteiger partial charge < -0.3 is 19.7 Å². The predicted octanol–water partition coefficient (Wildman–Crippen LogP) is 7.24. The SMILES string of the molecule is CC[C@H](C)NC(=O)[C@@H](Cc1ccccc1)N(Cc1cccc(OC)c1)C(=O)CN(c1ccc(Oc2ccccc2)cc1)S(=O)(=O)c1ccccc1. The van der Waals surface area contributed by atoms with Gasteiger partial charge in [0, 0.05) is 19.0 Å². The van der Waals surface area contributed by atoms with E-state index in [0.29, 0.717) is 23.7 Å². The summed E-state index contributed by atoms with van der Waals surface area (Å²) in [5.41, 5.74) is 1.84. The van der Waals surface area contributed by atoms with E-state index in [1.165, 1.54) is 17.0 Å². The van der Waals surface area contributed by atoms with Gasteiger partial charge in [-0.2, -0.15) is 0 Å². The molecule has 0 unspecified atom stereocenters. The number of benzene rings is 5. The van der Waals surface area contributed by atoms with Crippen LogP contribution in [0.15, 0.2) is 144 Å². The molecule has 0 aliphatic rings. The van der Waals surface area contributed by atoms with E-state index >= 15 is 0 Å². The van der Waals surface area contributed by atoms with Gasteiger partial charge in [0.25, 0.3) is 10.0 Å². The number of carbonyl (C=O) groups is 2. The number of para-hydroxylation sites is 1. The van der Waals surface area contributed by atoms with E-state index in [4.69, 9.17) is 9.47 Å². The Balaban J connectivity index is 1.56. The molecule has 0 fully saturated rings. The minimum Gasteiger partial charge on any atom is -0.497 e. The Hall–Kier alpha value is -5.61. The highest BCUT2D eigenvalue weighted by molar-refractivity contribution is 7.92. The maximum Gasteiger partial charge on any atom is 0.264 e. The van der Waals surface area contributed by atoms with Gasteiger partial charge in [-0.25, -0.2) is 8.42 Å². The summed E-state index contributed by atoms with van der Waals surface area (Å²) in [6, 6.07) is 39.4. The van der Waals surface area contributed by atoms with Gasteiger partial charge >= 0.3 is 0 Å². The summed E-state index contributed by atoms with van der Waals surface area (Å²) in [4.78, 5) is 30.3.